The molecule has 26 heavy (non-hydrogen) atoms. The van der Waals surface area contributed by atoms with Crippen LogP contribution in [0.25, 0.3) is 34.2 Å². The Hall–Kier alpha value is -2.56. The van der Waals surface area contributed by atoms with E-state index in [9.17, 15) is 0 Å². The van der Waals surface area contributed by atoms with Crippen LogP contribution in [-0.4, -0.2) is 15.0 Å². The zero-order valence-electron chi connectivity index (χ0n) is 13.6. The highest BCUT2D eigenvalue weighted by atomic mass is 79.9. The number of hydrogen-bond acceptors (Lipinski definition) is 3. The highest BCUT2D eigenvalue weighted by Crippen LogP contribution is 2.31. The molecule has 1 aromatic heterocycles. The largest absolute Gasteiger partial charge is 0.208 e. The Labute approximate surface area is 164 Å². The van der Waals surface area contributed by atoms with Crippen LogP contribution in [0.4, 0.5) is 0 Å². The molecule has 1 heterocycles. The van der Waals surface area contributed by atoms with Gasteiger partial charge in [-0.25, -0.2) is 15.0 Å². The summed E-state index contributed by atoms with van der Waals surface area (Å²) in [6.45, 7) is 0. The van der Waals surface area contributed by atoms with E-state index in [-0.39, 0.29) is 0 Å². The van der Waals surface area contributed by atoms with Gasteiger partial charge < -0.3 is 0 Å². The van der Waals surface area contributed by atoms with Gasteiger partial charge in [-0.3, -0.25) is 0 Å². The average Bonchev–Trinajstić information content (AvgIpc) is 2.71. The molecule has 0 atom stereocenters. The Balaban J connectivity index is 1.95. The molecule has 3 aromatic carbocycles. The quantitative estimate of drug-likeness (QED) is 0.389. The third kappa shape index (κ3) is 3.52. The van der Waals surface area contributed by atoms with Crippen molar-refractivity contribution >= 4 is 27.5 Å². The summed E-state index contributed by atoms with van der Waals surface area (Å²) < 4.78 is 0.881. The molecule has 126 valence electrons. The minimum absolute atomic E-state index is 0.576. The van der Waals surface area contributed by atoms with Crippen molar-refractivity contribution in [1.82, 2.24) is 15.0 Å². The van der Waals surface area contributed by atoms with E-state index < -0.39 is 0 Å². The molecule has 4 aromatic rings. The van der Waals surface area contributed by atoms with Crippen molar-refractivity contribution in [3.63, 3.8) is 0 Å². The third-order valence-electron chi connectivity index (χ3n) is 3.87. The summed E-state index contributed by atoms with van der Waals surface area (Å²) in [4.78, 5) is 14.1. The first-order valence-electron chi connectivity index (χ1n) is 8.03. The molecule has 0 fully saturated rings. The molecular formula is C21H13BrClN3. The van der Waals surface area contributed by atoms with Crippen LogP contribution in [0.5, 0.6) is 0 Å². The van der Waals surface area contributed by atoms with Gasteiger partial charge in [0.2, 0.25) is 0 Å². The molecule has 0 aliphatic rings. The van der Waals surface area contributed by atoms with E-state index in [0.29, 0.717) is 22.5 Å². The molecule has 0 saturated heterocycles. The van der Waals surface area contributed by atoms with Crippen LogP contribution in [0.3, 0.4) is 0 Å². The van der Waals surface area contributed by atoms with Crippen molar-refractivity contribution < 1.29 is 0 Å². The molecule has 0 aliphatic heterocycles. The fourth-order valence-electron chi connectivity index (χ4n) is 2.60. The van der Waals surface area contributed by atoms with Gasteiger partial charge in [-0.1, -0.05) is 88.2 Å². The summed E-state index contributed by atoms with van der Waals surface area (Å²) in [7, 11) is 0. The smallest absolute Gasteiger partial charge is 0.165 e. The summed E-state index contributed by atoms with van der Waals surface area (Å²) in [5, 5.41) is 0.631. The van der Waals surface area contributed by atoms with Crippen LogP contribution in [0.2, 0.25) is 5.02 Å². The van der Waals surface area contributed by atoms with Crippen LogP contribution in [0.15, 0.2) is 83.3 Å². The third-order valence-corrected chi connectivity index (χ3v) is 4.80. The van der Waals surface area contributed by atoms with Gasteiger partial charge in [-0.15, -0.1) is 0 Å². The van der Waals surface area contributed by atoms with Gasteiger partial charge in [0, 0.05) is 26.2 Å². The maximum absolute atomic E-state index is 6.19. The standard InChI is InChI=1S/C21H13BrClN3/c22-18-12-11-16(23)13-17(18)21-25-19(14-7-3-1-4-8-14)24-20(26-21)15-9-5-2-6-10-15/h1-13H. The zero-order valence-corrected chi connectivity index (χ0v) is 15.9. The van der Waals surface area contributed by atoms with E-state index in [4.69, 9.17) is 21.6 Å². The van der Waals surface area contributed by atoms with Crippen LogP contribution in [0.1, 0.15) is 0 Å². The molecule has 0 aliphatic carbocycles. The molecule has 4 rings (SSSR count). The number of aromatic nitrogens is 3. The van der Waals surface area contributed by atoms with Crippen molar-refractivity contribution in [2.75, 3.05) is 0 Å². The minimum atomic E-state index is 0.576. The van der Waals surface area contributed by atoms with Gasteiger partial charge in [0.1, 0.15) is 0 Å². The Kier molecular flexibility index (Phi) is 4.78. The summed E-state index contributed by atoms with van der Waals surface area (Å²) in [6.07, 6.45) is 0. The molecule has 0 amide bonds. The maximum Gasteiger partial charge on any atom is 0.165 e. The second kappa shape index (κ2) is 7.36. The van der Waals surface area contributed by atoms with Crippen LogP contribution in [0, 0.1) is 0 Å². The second-order valence-electron chi connectivity index (χ2n) is 5.66. The summed E-state index contributed by atoms with van der Waals surface area (Å²) in [5.74, 6) is 1.83. The fourth-order valence-corrected chi connectivity index (χ4v) is 3.19. The van der Waals surface area contributed by atoms with E-state index in [2.05, 4.69) is 20.9 Å². The molecule has 3 nitrogen and oxygen atoms in total. The van der Waals surface area contributed by atoms with Gasteiger partial charge in [-0.05, 0) is 18.2 Å². The highest BCUT2D eigenvalue weighted by molar-refractivity contribution is 9.10. The van der Waals surface area contributed by atoms with E-state index in [0.717, 1.165) is 21.2 Å². The predicted molar refractivity (Wildman–Crippen MR) is 109 cm³/mol. The fraction of sp³-hybridized carbons (Fsp3) is 0. The number of rotatable bonds is 3. The first-order valence-corrected chi connectivity index (χ1v) is 9.20. The molecular weight excluding hydrogens is 410 g/mol. The first-order chi connectivity index (χ1) is 12.7. The Morgan fingerprint density at radius 1 is 0.615 bits per heavy atom. The van der Waals surface area contributed by atoms with Crippen LogP contribution >= 0.6 is 27.5 Å². The molecule has 0 saturated carbocycles. The first kappa shape index (κ1) is 16.9. The van der Waals surface area contributed by atoms with Crippen molar-refractivity contribution in [2.24, 2.45) is 0 Å². The van der Waals surface area contributed by atoms with Gasteiger partial charge in [-0.2, -0.15) is 0 Å². The summed E-state index contributed by atoms with van der Waals surface area (Å²) in [6, 6.07) is 25.3. The number of hydrogen-bond donors (Lipinski definition) is 0. The van der Waals surface area contributed by atoms with Crippen molar-refractivity contribution in [3.05, 3.63) is 88.4 Å². The van der Waals surface area contributed by atoms with E-state index in [1.165, 1.54) is 0 Å². The van der Waals surface area contributed by atoms with Crippen molar-refractivity contribution in [2.45, 2.75) is 0 Å². The van der Waals surface area contributed by atoms with E-state index in [1.807, 2.05) is 78.9 Å². The van der Waals surface area contributed by atoms with Crippen molar-refractivity contribution in [1.29, 1.82) is 0 Å². The summed E-state index contributed by atoms with van der Waals surface area (Å²) >= 11 is 9.76. The lowest BCUT2D eigenvalue weighted by atomic mass is 10.1. The average molecular weight is 423 g/mol. The monoisotopic (exact) mass is 421 g/mol. The minimum Gasteiger partial charge on any atom is -0.208 e. The number of nitrogens with zero attached hydrogens (tertiary/aromatic N) is 3. The normalized spacial score (nSPS) is 10.7. The molecule has 0 N–H and O–H groups in total. The topological polar surface area (TPSA) is 38.7 Å². The van der Waals surface area contributed by atoms with E-state index in [1.54, 1.807) is 0 Å². The van der Waals surface area contributed by atoms with E-state index >= 15 is 0 Å². The van der Waals surface area contributed by atoms with Crippen molar-refractivity contribution in [3.8, 4) is 34.2 Å². The second-order valence-corrected chi connectivity index (χ2v) is 6.95. The number of benzene rings is 3. The lowest BCUT2D eigenvalue weighted by Gasteiger charge is -2.09. The number of halogens is 2. The summed E-state index contributed by atoms with van der Waals surface area (Å²) in [5.41, 5.74) is 2.70. The van der Waals surface area contributed by atoms with Gasteiger partial charge in [0.05, 0.1) is 0 Å². The predicted octanol–water partition coefficient (Wildman–Crippen LogP) is 6.29. The molecule has 0 radical (unpaired) electrons. The Morgan fingerprint density at radius 2 is 1.12 bits per heavy atom. The Bertz CT molecular complexity index is 996. The van der Waals surface area contributed by atoms with Gasteiger partial charge in [0.25, 0.3) is 0 Å². The lowest BCUT2D eigenvalue weighted by molar-refractivity contribution is 1.07. The molecule has 0 unspecified atom stereocenters. The van der Waals surface area contributed by atoms with Gasteiger partial charge in [0.15, 0.2) is 17.5 Å². The SMILES string of the molecule is Clc1ccc(Br)c(-c2nc(-c3ccccc3)nc(-c3ccccc3)n2)c1. The molecule has 0 bridgehead atoms. The molecule has 5 heteroatoms. The van der Waals surface area contributed by atoms with Gasteiger partial charge >= 0.3 is 0 Å². The lowest BCUT2D eigenvalue weighted by Crippen LogP contribution is -2.00. The van der Waals surface area contributed by atoms with Crippen LogP contribution in [-0.2, 0) is 0 Å². The highest BCUT2D eigenvalue weighted by Gasteiger charge is 2.14. The Morgan fingerprint density at radius 3 is 1.65 bits per heavy atom. The van der Waals surface area contributed by atoms with Crippen LogP contribution < -0.4 is 0 Å². The molecule has 0 spiro atoms. The zero-order chi connectivity index (χ0) is 17.9. The maximum atomic E-state index is 6.19.